The molecule has 150 valence electrons. The maximum Gasteiger partial charge on any atom is 0.286 e. The highest BCUT2D eigenvalue weighted by atomic mass is 16.3. The Morgan fingerprint density at radius 3 is 2.43 bits per heavy atom. The lowest BCUT2D eigenvalue weighted by Crippen LogP contribution is -2.48. The van der Waals surface area contributed by atoms with Gasteiger partial charge in [-0.05, 0) is 30.7 Å². The molecular formula is C21H28N4O3. The Labute approximate surface area is 165 Å². The number of benzene rings is 1. The number of rotatable bonds is 9. The quantitative estimate of drug-likeness (QED) is 0.644. The summed E-state index contributed by atoms with van der Waals surface area (Å²) in [6.07, 6.45) is 2.47. The molecule has 0 spiro atoms. The Kier molecular flexibility index (Phi) is 7.49. The predicted molar refractivity (Wildman–Crippen MR) is 108 cm³/mol. The van der Waals surface area contributed by atoms with Crippen LogP contribution < -0.4 is 15.5 Å². The molecule has 0 radical (unpaired) electrons. The van der Waals surface area contributed by atoms with E-state index in [1.807, 2.05) is 6.07 Å². The summed E-state index contributed by atoms with van der Waals surface area (Å²) < 4.78 is 5.02. The van der Waals surface area contributed by atoms with Crippen LogP contribution in [0.1, 0.15) is 23.4 Å². The molecule has 28 heavy (non-hydrogen) atoms. The van der Waals surface area contributed by atoms with Gasteiger partial charge in [-0.2, -0.15) is 0 Å². The topological polar surface area (TPSA) is 77.8 Å². The van der Waals surface area contributed by atoms with Crippen LogP contribution in [-0.4, -0.2) is 62.5 Å². The van der Waals surface area contributed by atoms with Crippen molar-refractivity contribution in [1.29, 1.82) is 0 Å². The maximum absolute atomic E-state index is 11.9. The molecule has 1 fully saturated rings. The van der Waals surface area contributed by atoms with Crippen LogP contribution in [-0.2, 0) is 4.79 Å². The molecule has 0 saturated carbocycles. The third-order valence-electron chi connectivity index (χ3n) is 4.85. The van der Waals surface area contributed by atoms with E-state index in [-0.39, 0.29) is 17.6 Å². The zero-order chi connectivity index (χ0) is 19.6. The third kappa shape index (κ3) is 6.13. The van der Waals surface area contributed by atoms with Gasteiger partial charge in [0.1, 0.15) is 0 Å². The smallest absolute Gasteiger partial charge is 0.286 e. The Balaban J connectivity index is 1.22. The van der Waals surface area contributed by atoms with E-state index in [4.69, 9.17) is 4.42 Å². The molecule has 7 nitrogen and oxygen atoms in total. The van der Waals surface area contributed by atoms with Crippen LogP contribution in [0.3, 0.4) is 0 Å². The van der Waals surface area contributed by atoms with Gasteiger partial charge in [-0.25, -0.2) is 0 Å². The van der Waals surface area contributed by atoms with E-state index in [0.717, 1.165) is 32.7 Å². The van der Waals surface area contributed by atoms with Gasteiger partial charge < -0.3 is 20.0 Å². The Bertz CT molecular complexity index is 725. The third-order valence-corrected chi connectivity index (χ3v) is 4.85. The number of nitrogens with zero attached hydrogens (tertiary/aromatic N) is 2. The number of para-hydroxylation sites is 1. The van der Waals surface area contributed by atoms with Crippen molar-refractivity contribution < 1.29 is 14.0 Å². The lowest BCUT2D eigenvalue weighted by atomic mass is 10.2. The van der Waals surface area contributed by atoms with Gasteiger partial charge in [-0.15, -0.1) is 0 Å². The van der Waals surface area contributed by atoms with Gasteiger partial charge in [-0.3, -0.25) is 14.5 Å². The van der Waals surface area contributed by atoms with Crippen molar-refractivity contribution in [3.63, 3.8) is 0 Å². The van der Waals surface area contributed by atoms with Crippen molar-refractivity contribution in [2.45, 2.75) is 12.8 Å². The Hall–Kier alpha value is -2.80. The Morgan fingerprint density at radius 1 is 0.929 bits per heavy atom. The van der Waals surface area contributed by atoms with E-state index in [9.17, 15) is 9.59 Å². The molecule has 7 heteroatoms. The van der Waals surface area contributed by atoms with E-state index < -0.39 is 0 Å². The molecule has 0 atom stereocenters. The van der Waals surface area contributed by atoms with Crippen molar-refractivity contribution in [3.8, 4) is 0 Å². The molecule has 3 rings (SSSR count). The van der Waals surface area contributed by atoms with Gasteiger partial charge >= 0.3 is 0 Å². The minimum absolute atomic E-state index is 0.0233. The van der Waals surface area contributed by atoms with Crippen LogP contribution in [0.15, 0.2) is 53.1 Å². The number of amides is 2. The van der Waals surface area contributed by atoms with Crippen LogP contribution in [0, 0.1) is 0 Å². The van der Waals surface area contributed by atoms with Crippen LogP contribution in [0.5, 0.6) is 0 Å². The summed E-state index contributed by atoms with van der Waals surface area (Å²) in [5, 5.41) is 5.70. The maximum atomic E-state index is 11.9. The zero-order valence-corrected chi connectivity index (χ0v) is 16.1. The molecule has 1 saturated heterocycles. The number of carbonyl (C=O) groups is 2. The van der Waals surface area contributed by atoms with Crippen molar-refractivity contribution in [2.24, 2.45) is 0 Å². The summed E-state index contributed by atoms with van der Waals surface area (Å²) in [4.78, 5) is 28.4. The number of furan rings is 1. The Morgan fingerprint density at radius 2 is 1.71 bits per heavy atom. The molecule has 0 unspecified atom stereocenters. The number of carbonyl (C=O) groups excluding carboxylic acids is 2. The highest BCUT2D eigenvalue weighted by Gasteiger charge is 2.16. The summed E-state index contributed by atoms with van der Waals surface area (Å²) in [6, 6.07) is 13.8. The molecule has 1 aliphatic heterocycles. The van der Waals surface area contributed by atoms with E-state index in [0.29, 0.717) is 25.9 Å². The second-order valence-corrected chi connectivity index (χ2v) is 6.85. The molecule has 0 bridgehead atoms. The summed E-state index contributed by atoms with van der Waals surface area (Å²) in [5.74, 6) is 0.0621. The number of hydrogen-bond acceptors (Lipinski definition) is 5. The minimum Gasteiger partial charge on any atom is -0.459 e. The average Bonchev–Trinajstić information content (AvgIpc) is 3.27. The second kappa shape index (κ2) is 10.5. The molecule has 1 aliphatic rings. The average molecular weight is 384 g/mol. The first-order valence-electron chi connectivity index (χ1n) is 9.83. The monoisotopic (exact) mass is 384 g/mol. The second-order valence-electron chi connectivity index (χ2n) is 6.85. The molecule has 0 aliphatic carbocycles. The zero-order valence-electron chi connectivity index (χ0n) is 16.1. The van der Waals surface area contributed by atoms with E-state index in [1.54, 1.807) is 12.1 Å². The number of nitrogens with one attached hydrogen (secondary N) is 2. The van der Waals surface area contributed by atoms with Gasteiger partial charge in [0, 0.05) is 57.9 Å². The SMILES string of the molecule is O=C(CCCNC(=O)c1ccco1)NCCN1CCN(c2ccccc2)CC1. The first-order valence-corrected chi connectivity index (χ1v) is 9.83. The fraction of sp³-hybridized carbons (Fsp3) is 0.429. The van der Waals surface area contributed by atoms with Gasteiger partial charge in [0.05, 0.1) is 6.26 Å². The lowest BCUT2D eigenvalue weighted by Gasteiger charge is -2.36. The van der Waals surface area contributed by atoms with E-state index in [2.05, 4.69) is 44.7 Å². The summed E-state index contributed by atoms with van der Waals surface area (Å²) >= 11 is 0. The summed E-state index contributed by atoms with van der Waals surface area (Å²) in [6.45, 7) is 5.99. The molecule has 1 aromatic carbocycles. The number of anilines is 1. The summed E-state index contributed by atoms with van der Waals surface area (Å²) in [5.41, 5.74) is 1.27. The largest absolute Gasteiger partial charge is 0.459 e. The molecule has 2 N–H and O–H groups in total. The normalized spacial score (nSPS) is 14.6. The molecule has 2 amide bonds. The van der Waals surface area contributed by atoms with Gasteiger partial charge in [0.25, 0.3) is 5.91 Å². The standard InChI is InChI=1S/C21H28N4O3/c26-20(9-4-10-23-21(27)19-8-5-17-28-19)22-11-12-24-13-15-25(16-14-24)18-6-2-1-3-7-18/h1-3,5-8,17H,4,9-16H2,(H,22,26)(H,23,27). The van der Waals surface area contributed by atoms with Crippen molar-refractivity contribution >= 4 is 17.5 Å². The molecular weight excluding hydrogens is 356 g/mol. The van der Waals surface area contributed by atoms with Gasteiger partial charge in [0.2, 0.25) is 5.91 Å². The number of hydrogen-bond donors (Lipinski definition) is 2. The highest BCUT2D eigenvalue weighted by Crippen LogP contribution is 2.15. The van der Waals surface area contributed by atoms with Crippen LogP contribution in [0.25, 0.3) is 0 Å². The molecule has 1 aromatic heterocycles. The van der Waals surface area contributed by atoms with Gasteiger partial charge in [-0.1, -0.05) is 18.2 Å². The first-order chi connectivity index (χ1) is 13.7. The molecule has 2 aromatic rings. The minimum atomic E-state index is -0.250. The fourth-order valence-corrected chi connectivity index (χ4v) is 3.26. The predicted octanol–water partition coefficient (Wildman–Crippen LogP) is 1.73. The summed E-state index contributed by atoms with van der Waals surface area (Å²) in [7, 11) is 0. The van der Waals surface area contributed by atoms with Crippen LogP contribution in [0.2, 0.25) is 0 Å². The highest BCUT2D eigenvalue weighted by molar-refractivity contribution is 5.91. The first kappa shape index (κ1) is 19.9. The van der Waals surface area contributed by atoms with Gasteiger partial charge in [0.15, 0.2) is 5.76 Å². The van der Waals surface area contributed by atoms with Crippen LogP contribution in [0.4, 0.5) is 5.69 Å². The number of piperazine rings is 1. The van der Waals surface area contributed by atoms with E-state index in [1.165, 1.54) is 12.0 Å². The van der Waals surface area contributed by atoms with Crippen molar-refractivity contribution in [2.75, 3.05) is 50.7 Å². The van der Waals surface area contributed by atoms with Crippen LogP contribution >= 0.6 is 0 Å². The fourth-order valence-electron chi connectivity index (χ4n) is 3.26. The lowest BCUT2D eigenvalue weighted by molar-refractivity contribution is -0.121. The van der Waals surface area contributed by atoms with Crippen molar-refractivity contribution in [1.82, 2.24) is 15.5 Å². The van der Waals surface area contributed by atoms with Crippen molar-refractivity contribution in [3.05, 3.63) is 54.5 Å². The molecule has 2 heterocycles. The van der Waals surface area contributed by atoms with E-state index >= 15 is 0 Å².